The van der Waals surface area contributed by atoms with Gasteiger partial charge in [0, 0.05) is 5.69 Å². The summed E-state index contributed by atoms with van der Waals surface area (Å²) in [5, 5.41) is 11.1. The molecule has 0 bridgehead atoms. The second-order valence-electron chi connectivity index (χ2n) is 3.91. The number of carboxylic acid groups (broad SMARTS) is 1. The standard InChI is InChI=1S/C13H17NO3S/c1-3-11(13(16)17)18-8-12(15)14-10-7-5-4-6-9(10)2/h4-7,11H,3,8H2,1-2H3,(H,14,15)(H,16,17). The van der Waals surface area contributed by atoms with E-state index in [4.69, 9.17) is 5.11 Å². The monoisotopic (exact) mass is 267 g/mol. The first-order chi connectivity index (χ1) is 8.54. The maximum atomic E-state index is 11.7. The molecule has 0 saturated heterocycles. The fraction of sp³-hybridized carbons (Fsp3) is 0.385. The molecule has 1 unspecified atom stereocenters. The lowest BCUT2D eigenvalue weighted by Crippen LogP contribution is -2.21. The van der Waals surface area contributed by atoms with Crippen LogP contribution < -0.4 is 5.32 Å². The van der Waals surface area contributed by atoms with E-state index in [2.05, 4.69) is 5.32 Å². The van der Waals surface area contributed by atoms with Crippen molar-refractivity contribution < 1.29 is 14.7 Å². The first kappa shape index (κ1) is 14.6. The average Bonchev–Trinajstić information content (AvgIpc) is 2.32. The lowest BCUT2D eigenvalue weighted by molar-refractivity contribution is -0.136. The number of carboxylic acids is 1. The van der Waals surface area contributed by atoms with Crippen LogP contribution in [0.5, 0.6) is 0 Å². The van der Waals surface area contributed by atoms with Crippen LogP contribution in [0.1, 0.15) is 18.9 Å². The third-order valence-corrected chi connectivity index (χ3v) is 3.85. The number of hydrogen-bond acceptors (Lipinski definition) is 3. The third-order valence-electron chi connectivity index (χ3n) is 2.48. The predicted octanol–water partition coefficient (Wildman–Crippen LogP) is 2.53. The van der Waals surface area contributed by atoms with Gasteiger partial charge in [-0.25, -0.2) is 0 Å². The number of thioether (sulfide) groups is 1. The third kappa shape index (κ3) is 4.41. The number of hydrogen-bond donors (Lipinski definition) is 2. The Hall–Kier alpha value is -1.49. The Balaban J connectivity index is 2.48. The minimum absolute atomic E-state index is 0.152. The highest BCUT2D eigenvalue weighted by Gasteiger charge is 2.17. The van der Waals surface area contributed by atoms with Gasteiger partial charge in [0.15, 0.2) is 0 Å². The molecule has 18 heavy (non-hydrogen) atoms. The van der Waals surface area contributed by atoms with E-state index in [9.17, 15) is 9.59 Å². The van der Waals surface area contributed by atoms with Gasteiger partial charge in [0.05, 0.1) is 5.75 Å². The second-order valence-corrected chi connectivity index (χ2v) is 5.10. The van der Waals surface area contributed by atoms with Crippen LogP contribution >= 0.6 is 11.8 Å². The predicted molar refractivity (Wildman–Crippen MR) is 74.0 cm³/mol. The zero-order chi connectivity index (χ0) is 13.5. The number of para-hydroxylation sites is 1. The summed E-state index contributed by atoms with van der Waals surface area (Å²) in [5.74, 6) is -0.890. The zero-order valence-electron chi connectivity index (χ0n) is 10.5. The highest BCUT2D eigenvalue weighted by molar-refractivity contribution is 8.01. The van der Waals surface area contributed by atoms with E-state index in [0.717, 1.165) is 23.0 Å². The number of benzene rings is 1. The Morgan fingerprint density at radius 3 is 2.61 bits per heavy atom. The van der Waals surface area contributed by atoms with Crippen molar-refractivity contribution >= 4 is 29.3 Å². The lowest BCUT2D eigenvalue weighted by atomic mass is 10.2. The summed E-state index contributed by atoms with van der Waals surface area (Å²) in [6.45, 7) is 3.71. The van der Waals surface area contributed by atoms with Crippen molar-refractivity contribution in [2.24, 2.45) is 0 Å². The van der Waals surface area contributed by atoms with Gasteiger partial charge < -0.3 is 10.4 Å². The van der Waals surface area contributed by atoms with Gasteiger partial charge in [-0.15, -0.1) is 11.8 Å². The second kappa shape index (κ2) is 7.06. The van der Waals surface area contributed by atoms with Gasteiger partial charge in [0.1, 0.15) is 5.25 Å². The fourth-order valence-electron chi connectivity index (χ4n) is 1.44. The van der Waals surface area contributed by atoms with Crippen LogP contribution in [0.25, 0.3) is 0 Å². The summed E-state index contributed by atoms with van der Waals surface area (Å²) in [6.07, 6.45) is 0.512. The minimum atomic E-state index is -0.869. The molecular weight excluding hydrogens is 250 g/mol. The van der Waals surface area contributed by atoms with E-state index in [1.54, 1.807) is 6.92 Å². The maximum Gasteiger partial charge on any atom is 0.316 e. The number of nitrogens with one attached hydrogen (secondary N) is 1. The number of carbonyl (C=O) groups excluding carboxylic acids is 1. The molecule has 0 spiro atoms. The molecule has 0 fully saturated rings. The van der Waals surface area contributed by atoms with Crippen molar-refractivity contribution in [1.29, 1.82) is 0 Å². The summed E-state index contributed by atoms with van der Waals surface area (Å²) in [4.78, 5) is 22.5. The molecule has 0 aliphatic rings. The zero-order valence-corrected chi connectivity index (χ0v) is 11.3. The molecule has 0 radical (unpaired) electrons. The van der Waals surface area contributed by atoms with Gasteiger partial charge in [-0.05, 0) is 25.0 Å². The van der Waals surface area contributed by atoms with Gasteiger partial charge in [-0.1, -0.05) is 25.1 Å². The van der Waals surface area contributed by atoms with Crippen LogP contribution in [0.4, 0.5) is 5.69 Å². The number of amides is 1. The van der Waals surface area contributed by atoms with Crippen LogP contribution in [0.3, 0.4) is 0 Å². The summed E-state index contributed by atoms with van der Waals surface area (Å²) in [6, 6.07) is 7.49. The van der Waals surface area contributed by atoms with Gasteiger partial charge in [-0.3, -0.25) is 9.59 Å². The SMILES string of the molecule is CCC(SCC(=O)Nc1ccccc1C)C(=O)O. The highest BCUT2D eigenvalue weighted by Crippen LogP contribution is 2.17. The largest absolute Gasteiger partial charge is 0.480 e. The van der Waals surface area contributed by atoms with E-state index in [1.807, 2.05) is 31.2 Å². The summed E-state index contributed by atoms with van der Waals surface area (Å²) < 4.78 is 0. The quantitative estimate of drug-likeness (QED) is 0.831. The summed E-state index contributed by atoms with van der Waals surface area (Å²) in [5.41, 5.74) is 1.76. The summed E-state index contributed by atoms with van der Waals surface area (Å²) >= 11 is 1.15. The molecule has 0 heterocycles. The molecular formula is C13H17NO3S. The van der Waals surface area contributed by atoms with Crippen molar-refractivity contribution in [3.63, 3.8) is 0 Å². The van der Waals surface area contributed by atoms with Gasteiger partial charge >= 0.3 is 5.97 Å². The molecule has 1 aromatic carbocycles. The number of aliphatic carboxylic acids is 1. The van der Waals surface area contributed by atoms with Gasteiger partial charge in [0.25, 0.3) is 0 Å². The minimum Gasteiger partial charge on any atom is -0.480 e. The van der Waals surface area contributed by atoms with Crippen LogP contribution in [-0.4, -0.2) is 28.0 Å². The molecule has 1 rings (SSSR count). The number of rotatable bonds is 6. The molecule has 0 aliphatic heterocycles. The molecule has 1 amide bonds. The van der Waals surface area contributed by atoms with E-state index >= 15 is 0 Å². The van der Waals surface area contributed by atoms with Gasteiger partial charge in [0.2, 0.25) is 5.91 Å². The normalized spacial score (nSPS) is 11.9. The molecule has 98 valence electrons. The number of carbonyl (C=O) groups is 2. The Morgan fingerprint density at radius 1 is 1.39 bits per heavy atom. The van der Waals surface area contributed by atoms with Gasteiger partial charge in [-0.2, -0.15) is 0 Å². The van der Waals surface area contributed by atoms with Crippen LogP contribution in [-0.2, 0) is 9.59 Å². The highest BCUT2D eigenvalue weighted by atomic mass is 32.2. The van der Waals surface area contributed by atoms with Crippen LogP contribution in [0.15, 0.2) is 24.3 Å². The van der Waals surface area contributed by atoms with Crippen molar-refractivity contribution in [3.05, 3.63) is 29.8 Å². The lowest BCUT2D eigenvalue weighted by Gasteiger charge is -2.10. The molecule has 4 nitrogen and oxygen atoms in total. The Morgan fingerprint density at radius 2 is 2.06 bits per heavy atom. The Bertz CT molecular complexity index is 434. The van der Waals surface area contributed by atoms with E-state index in [0.29, 0.717) is 6.42 Å². The molecule has 1 atom stereocenters. The summed E-state index contributed by atoms with van der Waals surface area (Å²) in [7, 11) is 0. The molecule has 5 heteroatoms. The Labute approximate surface area is 111 Å². The maximum absolute atomic E-state index is 11.7. The topological polar surface area (TPSA) is 66.4 Å². The van der Waals surface area contributed by atoms with E-state index < -0.39 is 11.2 Å². The molecule has 0 aliphatic carbocycles. The molecule has 0 saturated carbocycles. The van der Waals surface area contributed by atoms with Crippen molar-refractivity contribution in [1.82, 2.24) is 0 Å². The number of aryl methyl sites for hydroxylation is 1. The smallest absolute Gasteiger partial charge is 0.316 e. The molecule has 0 aromatic heterocycles. The first-order valence-corrected chi connectivity index (χ1v) is 6.79. The molecule has 2 N–H and O–H groups in total. The first-order valence-electron chi connectivity index (χ1n) is 5.74. The van der Waals surface area contributed by atoms with E-state index in [1.165, 1.54) is 0 Å². The number of anilines is 1. The van der Waals surface area contributed by atoms with Crippen molar-refractivity contribution in [2.45, 2.75) is 25.5 Å². The average molecular weight is 267 g/mol. The molecule has 1 aromatic rings. The van der Waals surface area contributed by atoms with Crippen LogP contribution in [0, 0.1) is 6.92 Å². The van der Waals surface area contributed by atoms with Crippen LogP contribution in [0.2, 0.25) is 0 Å². The Kier molecular flexibility index (Phi) is 5.71. The van der Waals surface area contributed by atoms with Crippen molar-refractivity contribution in [3.8, 4) is 0 Å². The fourth-order valence-corrected chi connectivity index (χ4v) is 2.24. The van der Waals surface area contributed by atoms with E-state index in [-0.39, 0.29) is 11.7 Å². The van der Waals surface area contributed by atoms with Crippen molar-refractivity contribution in [2.75, 3.05) is 11.1 Å².